The average Bonchev–Trinajstić information content (AvgIpc) is 2.86. The number of aromatic hydroxyl groups is 1. The molecule has 7 heteroatoms. The molecule has 0 amide bonds. The third kappa shape index (κ3) is 2.56. The van der Waals surface area contributed by atoms with Gasteiger partial charge in [-0.2, -0.15) is 0 Å². The minimum Gasteiger partial charge on any atom is -0.508 e. The van der Waals surface area contributed by atoms with Gasteiger partial charge in [-0.3, -0.25) is 4.40 Å². The summed E-state index contributed by atoms with van der Waals surface area (Å²) in [5.74, 6) is -0.250. The quantitative estimate of drug-likeness (QED) is 0.722. The summed E-state index contributed by atoms with van der Waals surface area (Å²) in [5, 5.41) is 19.0. The SMILES string of the molecule is O=C(O)c1nc(COc2cccc(O)c2)n2c(Cl)cccc12. The van der Waals surface area contributed by atoms with Gasteiger partial charge in [-0.1, -0.05) is 23.7 Å². The van der Waals surface area contributed by atoms with E-state index in [1.165, 1.54) is 16.5 Å². The number of ether oxygens (including phenoxy) is 1. The Morgan fingerprint density at radius 2 is 2.05 bits per heavy atom. The molecule has 0 bridgehead atoms. The van der Waals surface area contributed by atoms with Gasteiger partial charge < -0.3 is 14.9 Å². The summed E-state index contributed by atoms with van der Waals surface area (Å²) in [5.41, 5.74) is 0.312. The minimum absolute atomic E-state index is 0.0155. The normalized spacial score (nSPS) is 10.8. The Balaban J connectivity index is 1.98. The van der Waals surface area contributed by atoms with E-state index in [-0.39, 0.29) is 18.1 Å². The number of fused-ring (bicyclic) bond motifs is 1. The molecule has 0 spiro atoms. The summed E-state index contributed by atoms with van der Waals surface area (Å²) >= 11 is 6.12. The molecule has 0 unspecified atom stereocenters. The second kappa shape index (κ2) is 5.57. The topological polar surface area (TPSA) is 84.1 Å². The van der Waals surface area contributed by atoms with E-state index >= 15 is 0 Å². The highest BCUT2D eigenvalue weighted by molar-refractivity contribution is 6.29. The van der Waals surface area contributed by atoms with Crippen LogP contribution in [0.4, 0.5) is 0 Å². The summed E-state index contributed by atoms with van der Waals surface area (Å²) in [4.78, 5) is 15.3. The number of hydrogen-bond acceptors (Lipinski definition) is 4. The molecular weight excluding hydrogens is 308 g/mol. The van der Waals surface area contributed by atoms with Crippen molar-refractivity contribution >= 4 is 23.1 Å². The van der Waals surface area contributed by atoms with Gasteiger partial charge in [0, 0.05) is 6.07 Å². The zero-order chi connectivity index (χ0) is 15.7. The summed E-state index contributed by atoms with van der Waals surface area (Å²) in [6.07, 6.45) is 0. The first-order valence-electron chi connectivity index (χ1n) is 6.37. The lowest BCUT2D eigenvalue weighted by atomic mass is 10.3. The maximum Gasteiger partial charge on any atom is 0.356 e. The van der Waals surface area contributed by atoms with Gasteiger partial charge in [-0.15, -0.1) is 0 Å². The van der Waals surface area contributed by atoms with Crippen LogP contribution in [0.2, 0.25) is 5.15 Å². The number of carboxylic acids is 1. The first kappa shape index (κ1) is 14.2. The van der Waals surface area contributed by atoms with Crippen LogP contribution >= 0.6 is 11.6 Å². The van der Waals surface area contributed by atoms with Crippen LogP contribution in [0.1, 0.15) is 16.3 Å². The van der Waals surface area contributed by atoms with Gasteiger partial charge in [0.05, 0.1) is 5.52 Å². The van der Waals surface area contributed by atoms with E-state index in [2.05, 4.69) is 4.98 Å². The van der Waals surface area contributed by atoms with Crippen LogP contribution in [0.25, 0.3) is 5.52 Å². The molecule has 0 aliphatic rings. The largest absolute Gasteiger partial charge is 0.508 e. The fourth-order valence-corrected chi connectivity index (χ4v) is 2.40. The number of carboxylic acid groups (broad SMARTS) is 1. The van der Waals surface area contributed by atoms with Gasteiger partial charge in [0.15, 0.2) is 11.5 Å². The molecule has 2 heterocycles. The van der Waals surface area contributed by atoms with E-state index in [4.69, 9.17) is 16.3 Å². The third-order valence-corrected chi connectivity index (χ3v) is 3.37. The Labute approximate surface area is 130 Å². The molecule has 0 saturated carbocycles. The van der Waals surface area contributed by atoms with Crippen LogP contribution in [-0.2, 0) is 6.61 Å². The molecule has 2 aromatic heterocycles. The number of aromatic carboxylic acids is 1. The number of rotatable bonds is 4. The van der Waals surface area contributed by atoms with Gasteiger partial charge in [0.2, 0.25) is 0 Å². The number of aromatic nitrogens is 2. The van der Waals surface area contributed by atoms with Crippen molar-refractivity contribution < 1.29 is 19.7 Å². The smallest absolute Gasteiger partial charge is 0.356 e. The van der Waals surface area contributed by atoms with Gasteiger partial charge in [0.1, 0.15) is 23.3 Å². The van der Waals surface area contributed by atoms with Crippen molar-refractivity contribution in [1.29, 1.82) is 0 Å². The molecular formula is C15H11ClN2O4. The van der Waals surface area contributed by atoms with Gasteiger partial charge in [-0.05, 0) is 24.3 Å². The second-order valence-corrected chi connectivity index (χ2v) is 4.92. The zero-order valence-electron chi connectivity index (χ0n) is 11.2. The molecule has 112 valence electrons. The van der Waals surface area contributed by atoms with Gasteiger partial charge in [0.25, 0.3) is 0 Å². The van der Waals surface area contributed by atoms with Crippen molar-refractivity contribution in [2.24, 2.45) is 0 Å². The molecule has 0 saturated heterocycles. The van der Waals surface area contributed by atoms with Crippen molar-refractivity contribution in [2.45, 2.75) is 6.61 Å². The maximum atomic E-state index is 11.3. The van der Waals surface area contributed by atoms with E-state index in [9.17, 15) is 15.0 Å². The van der Waals surface area contributed by atoms with Crippen molar-refractivity contribution in [3.8, 4) is 11.5 Å². The van der Waals surface area contributed by atoms with Crippen LogP contribution in [0.15, 0.2) is 42.5 Å². The molecule has 0 aliphatic carbocycles. The average molecular weight is 319 g/mol. The highest BCUT2D eigenvalue weighted by atomic mass is 35.5. The lowest BCUT2D eigenvalue weighted by Crippen LogP contribution is -2.02. The molecule has 0 aliphatic heterocycles. The highest BCUT2D eigenvalue weighted by Gasteiger charge is 2.18. The molecule has 0 fully saturated rings. The second-order valence-electron chi connectivity index (χ2n) is 4.54. The third-order valence-electron chi connectivity index (χ3n) is 3.07. The summed E-state index contributed by atoms with van der Waals surface area (Å²) < 4.78 is 7.06. The van der Waals surface area contributed by atoms with Crippen LogP contribution in [0, 0.1) is 0 Å². The Morgan fingerprint density at radius 3 is 2.77 bits per heavy atom. The van der Waals surface area contributed by atoms with E-state index in [1.807, 2.05) is 0 Å². The fraction of sp³-hybridized carbons (Fsp3) is 0.0667. The molecule has 1 aromatic carbocycles. The molecule has 22 heavy (non-hydrogen) atoms. The molecule has 0 atom stereocenters. The fourth-order valence-electron chi connectivity index (χ4n) is 2.14. The minimum atomic E-state index is -1.14. The zero-order valence-corrected chi connectivity index (χ0v) is 12.0. The van der Waals surface area contributed by atoms with E-state index < -0.39 is 5.97 Å². The number of benzene rings is 1. The molecule has 3 rings (SSSR count). The van der Waals surface area contributed by atoms with E-state index in [0.717, 1.165) is 0 Å². The number of halogens is 1. The molecule has 2 N–H and O–H groups in total. The van der Waals surface area contributed by atoms with Crippen molar-refractivity contribution in [1.82, 2.24) is 9.38 Å². The van der Waals surface area contributed by atoms with Crippen molar-refractivity contribution in [2.75, 3.05) is 0 Å². The lowest BCUT2D eigenvalue weighted by molar-refractivity contribution is 0.0693. The first-order chi connectivity index (χ1) is 10.6. The summed E-state index contributed by atoms with van der Waals surface area (Å²) in [7, 11) is 0. The number of nitrogens with zero attached hydrogens (tertiary/aromatic N) is 2. The van der Waals surface area contributed by atoms with E-state index in [1.54, 1.807) is 30.3 Å². The Bertz CT molecular complexity index is 860. The summed E-state index contributed by atoms with van der Waals surface area (Å²) in [6, 6.07) is 11.2. The van der Waals surface area contributed by atoms with Crippen molar-refractivity contribution in [3.63, 3.8) is 0 Å². The standard InChI is InChI=1S/C15H11ClN2O4/c16-12-6-2-5-11-14(15(20)21)17-13(18(11)12)8-22-10-4-1-3-9(19)7-10/h1-7,19H,8H2,(H,20,21). The van der Waals surface area contributed by atoms with Crippen molar-refractivity contribution in [3.05, 3.63) is 59.1 Å². The van der Waals surface area contributed by atoms with Gasteiger partial charge >= 0.3 is 5.97 Å². The number of imidazole rings is 1. The van der Waals surface area contributed by atoms with Gasteiger partial charge in [-0.25, -0.2) is 9.78 Å². The predicted molar refractivity (Wildman–Crippen MR) is 79.6 cm³/mol. The highest BCUT2D eigenvalue weighted by Crippen LogP contribution is 2.22. The Kier molecular flexibility index (Phi) is 3.60. The van der Waals surface area contributed by atoms with Crippen LogP contribution in [0.3, 0.4) is 0 Å². The first-order valence-corrected chi connectivity index (χ1v) is 6.75. The monoisotopic (exact) mass is 318 g/mol. The molecule has 6 nitrogen and oxygen atoms in total. The van der Waals surface area contributed by atoms with Crippen LogP contribution < -0.4 is 4.74 Å². The van der Waals surface area contributed by atoms with E-state index in [0.29, 0.717) is 22.2 Å². The summed E-state index contributed by atoms with van der Waals surface area (Å²) in [6.45, 7) is 0.0155. The van der Waals surface area contributed by atoms with Crippen LogP contribution in [-0.4, -0.2) is 25.6 Å². The number of phenolic OH excluding ortho intramolecular Hbond substituents is 1. The lowest BCUT2D eigenvalue weighted by Gasteiger charge is -2.06. The Morgan fingerprint density at radius 1 is 1.27 bits per heavy atom. The molecule has 0 radical (unpaired) electrons. The predicted octanol–water partition coefficient (Wildman–Crippen LogP) is 2.97. The number of carbonyl (C=O) groups is 1. The maximum absolute atomic E-state index is 11.3. The molecule has 3 aromatic rings. The number of hydrogen-bond donors (Lipinski definition) is 2. The Hall–Kier alpha value is -2.73. The number of pyridine rings is 1. The number of phenols is 1. The van der Waals surface area contributed by atoms with Crippen LogP contribution in [0.5, 0.6) is 11.5 Å².